The van der Waals surface area contributed by atoms with Crippen LogP contribution in [0.4, 0.5) is 0 Å². The number of hydrogen-bond donors (Lipinski definition) is 9. The largest absolute Gasteiger partial charge is 0.394 e. The predicted molar refractivity (Wildman–Crippen MR) is 152 cm³/mol. The van der Waals surface area contributed by atoms with Crippen molar-refractivity contribution in [1.29, 1.82) is 0 Å². The summed E-state index contributed by atoms with van der Waals surface area (Å²) in [5, 5.41) is 69.7. The van der Waals surface area contributed by atoms with Gasteiger partial charge in [0.25, 0.3) is 0 Å². The lowest BCUT2D eigenvalue weighted by molar-refractivity contribution is -0.293. The highest BCUT2D eigenvalue weighted by atomic mass is 16.7. The lowest BCUT2D eigenvalue weighted by atomic mass is 9.92. The molecule has 16 heteroatoms. The fourth-order valence-corrected chi connectivity index (χ4v) is 5.01. The SMILES string of the molecule is CCC(=O)CNNC(=O)CCCCC(=O)N(CCCC[C@H]1O[C@H](CO)[C@@H](O)[C@H](O)[C@@H]1O)CCO[C@@H]1O[C@@H](C)[C@@H](O)[C@@H](O)[C@@H]1O. The van der Waals surface area contributed by atoms with Crippen LogP contribution >= 0.6 is 0 Å². The number of ether oxygens (including phenoxy) is 3. The van der Waals surface area contributed by atoms with Crippen LogP contribution in [0, 0.1) is 0 Å². The van der Waals surface area contributed by atoms with E-state index in [1.807, 2.05) is 0 Å². The second kappa shape index (κ2) is 19.6. The normalized spacial score (nSPS) is 32.3. The summed E-state index contributed by atoms with van der Waals surface area (Å²) in [4.78, 5) is 37.9. The van der Waals surface area contributed by atoms with Crippen LogP contribution in [0.2, 0.25) is 0 Å². The van der Waals surface area contributed by atoms with Crippen molar-refractivity contribution in [3.63, 3.8) is 0 Å². The van der Waals surface area contributed by atoms with Crippen molar-refractivity contribution in [2.75, 3.05) is 32.8 Å². The molecule has 0 aromatic carbocycles. The Labute approximate surface area is 257 Å². The molecule has 2 aliphatic rings. The zero-order chi connectivity index (χ0) is 32.8. The van der Waals surface area contributed by atoms with Gasteiger partial charge in [-0.25, -0.2) is 5.43 Å². The molecule has 16 nitrogen and oxygen atoms in total. The zero-order valence-electron chi connectivity index (χ0n) is 25.5. The van der Waals surface area contributed by atoms with E-state index >= 15 is 0 Å². The number of hydrogen-bond acceptors (Lipinski definition) is 14. The summed E-state index contributed by atoms with van der Waals surface area (Å²) >= 11 is 0. The van der Waals surface area contributed by atoms with Gasteiger partial charge in [0.1, 0.15) is 48.5 Å². The number of nitrogens with zero attached hydrogens (tertiary/aromatic N) is 1. The maximum Gasteiger partial charge on any atom is 0.234 e. The summed E-state index contributed by atoms with van der Waals surface area (Å²) in [6.07, 6.45) is -9.46. The number of hydrazine groups is 1. The molecule has 0 radical (unpaired) electrons. The molecule has 2 aliphatic heterocycles. The summed E-state index contributed by atoms with van der Waals surface area (Å²) in [6, 6.07) is 0. The van der Waals surface area contributed by atoms with E-state index in [2.05, 4.69) is 10.9 Å². The van der Waals surface area contributed by atoms with E-state index in [-0.39, 0.29) is 50.1 Å². The molecule has 0 bridgehead atoms. The molecular weight excluding hydrogens is 586 g/mol. The Morgan fingerprint density at radius 2 is 1.45 bits per heavy atom. The van der Waals surface area contributed by atoms with Gasteiger partial charge >= 0.3 is 0 Å². The van der Waals surface area contributed by atoms with Crippen LogP contribution in [0.15, 0.2) is 0 Å². The number of aliphatic hydroxyl groups is 7. The van der Waals surface area contributed by atoms with Crippen molar-refractivity contribution in [3.05, 3.63) is 0 Å². The Balaban J connectivity index is 1.85. The summed E-state index contributed by atoms with van der Waals surface area (Å²) in [7, 11) is 0. The van der Waals surface area contributed by atoms with Crippen LogP contribution in [0.5, 0.6) is 0 Å². The number of ketones is 1. The van der Waals surface area contributed by atoms with Gasteiger partial charge in [0.05, 0.1) is 32.0 Å². The molecule has 0 unspecified atom stereocenters. The van der Waals surface area contributed by atoms with Crippen LogP contribution in [-0.4, -0.2) is 152 Å². The molecular formula is C28H51N3O13. The van der Waals surface area contributed by atoms with E-state index in [1.165, 1.54) is 6.92 Å². The van der Waals surface area contributed by atoms with E-state index < -0.39 is 67.8 Å². The second-order valence-electron chi connectivity index (χ2n) is 11.3. The van der Waals surface area contributed by atoms with Gasteiger partial charge in [-0.2, -0.15) is 0 Å². The number of carbonyl (C=O) groups is 3. The van der Waals surface area contributed by atoms with Crippen molar-refractivity contribution >= 4 is 17.6 Å². The fraction of sp³-hybridized carbons (Fsp3) is 0.893. The zero-order valence-corrected chi connectivity index (χ0v) is 25.5. The first kappa shape index (κ1) is 38.4. The van der Waals surface area contributed by atoms with Crippen LogP contribution in [-0.2, 0) is 28.6 Å². The Morgan fingerprint density at radius 3 is 2.14 bits per heavy atom. The predicted octanol–water partition coefficient (Wildman–Crippen LogP) is -3.17. The molecule has 2 rings (SSSR count). The Morgan fingerprint density at radius 1 is 0.795 bits per heavy atom. The highest BCUT2D eigenvalue weighted by Crippen LogP contribution is 2.25. The van der Waals surface area contributed by atoms with Gasteiger partial charge in [-0.05, 0) is 39.0 Å². The number of nitrogens with one attached hydrogen (secondary N) is 2. The lowest BCUT2D eigenvalue weighted by Crippen LogP contribution is -2.58. The van der Waals surface area contributed by atoms with Gasteiger partial charge < -0.3 is 54.9 Å². The number of unbranched alkanes of at least 4 members (excludes halogenated alkanes) is 2. The summed E-state index contributed by atoms with van der Waals surface area (Å²) in [6.45, 7) is 3.14. The van der Waals surface area contributed by atoms with E-state index in [0.717, 1.165) is 0 Å². The summed E-state index contributed by atoms with van der Waals surface area (Å²) in [5.41, 5.74) is 5.02. The highest BCUT2D eigenvalue weighted by molar-refractivity contribution is 5.81. The standard InChI is InChI=1S/C28H51N3O13/c1-3-17(33)14-29-30-20(34)9-4-5-10-21(35)31(12-13-42-28-27(41)25(39)22(36)16(2)43-28)11-7-6-8-18-23(37)26(40)24(38)19(15-32)44-18/h16,18-19,22-29,32,36-41H,3-15H2,1-2H3,(H,30,34)/t16-,18+,19+,22+,23+,24+,25+,26+,27-,28+/m0/s1. The molecule has 44 heavy (non-hydrogen) atoms. The number of aliphatic hydroxyl groups excluding tert-OH is 7. The monoisotopic (exact) mass is 637 g/mol. The Hall–Kier alpha value is -1.83. The van der Waals surface area contributed by atoms with E-state index in [0.29, 0.717) is 45.1 Å². The molecule has 0 spiro atoms. The van der Waals surface area contributed by atoms with E-state index in [1.54, 1.807) is 11.8 Å². The summed E-state index contributed by atoms with van der Waals surface area (Å²) < 4.78 is 16.6. The topological polar surface area (TPSA) is 248 Å². The van der Waals surface area contributed by atoms with Crippen molar-refractivity contribution in [2.24, 2.45) is 0 Å². The quantitative estimate of drug-likeness (QED) is 0.0501. The molecule has 0 saturated carbocycles. The highest BCUT2D eigenvalue weighted by Gasteiger charge is 2.43. The Bertz CT molecular complexity index is 882. The first-order chi connectivity index (χ1) is 20.9. The minimum Gasteiger partial charge on any atom is -0.394 e. The number of amides is 2. The molecule has 256 valence electrons. The van der Waals surface area contributed by atoms with Crippen LogP contribution in [0.1, 0.15) is 65.2 Å². The number of Topliss-reactive ketones (excluding diaryl/α,β-unsaturated/α-hetero) is 1. The Kier molecular flexibility index (Phi) is 17.1. The molecule has 0 aliphatic carbocycles. The average Bonchev–Trinajstić information content (AvgIpc) is 3.01. The van der Waals surface area contributed by atoms with Crippen LogP contribution < -0.4 is 10.9 Å². The lowest BCUT2D eigenvalue weighted by Gasteiger charge is -2.40. The number of carbonyl (C=O) groups excluding carboxylic acids is 3. The molecule has 2 amide bonds. The minimum atomic E-state index is -1.48. The molecule has 2 saturated heterocycles. The van der Waals surface area contributed by atoms with Gasteiger partial charge in [0.2, 0.25) is 11.8 Å². The molecule has 0 aromatic rings. The van der Waals surface area contributed by atoms with Crippen LogP contribution in [0.3, 0.4) is 0 Å². The third kappa shape index (κ3) is 11.8. The van der Waals surface area contributed by atoms with Gasteiger partial charge in [-0.15, -0.1) is 0 Å². The van der Waals surface area contributed by atoms with E-state index in [9.17, 15) is 50.1 Å². The fourth-order valence-electron chi connectivity index (χ4n) is 5.01. The number of rotatable bonds is 19. The molecule has 0 aromatic heterocycles. The molecule has 2 heterocycles. The third-order valence-electron chi connectivity index (χ3n) is 7.91. The smallest absolute Gasteiger partial charge is 0.234 e. The van der Waals surface area contributed by atoms with Crippen molar-refractivity contribution < 1.29 is 64.3 Å². The first-order valence-corrected chi connectivity index (χ1v) is 15.3. The minimum absolute atomic E-state index is 0.0372. The third-order valence-corrected chi connectivity index (χ3v) is 7.91. The van der Waals surface area contributed by atoms with Gasteiger partial charge in [-0.1, -0.05) is 6.92 Å². The average molecular weight is 638 g/mol. The van der Waals surface area contributed by atoms with Crippen molar-refractivity contribution in [3.8, 4) is 0 Å². The summed E-state index contributed by atoms with van der Waals surface area (Å²) in [5.74, 6) is -0.546. The van der Waals surface area contributed by atoms with Gasteiger partial charge in [0, 0.05) is 32.4 Å². The van der Waals surface area contributed by atoms with Crippen molar-refractivity contribution in [1.82, 2.24) is 15.8 Å². The van der Waals surface area contributed by atoms with Crippen molar-refractivity contribution in [2.45, 2.75) is 126 Å². The van der Waals surface area contributed by atoms with Crippen LogP contribution in [0.25, 0.3) is 0 Å². The maximum atomic E-state index is 13.1. The first-order valence-electron chi connectivity index (χ1n) is 15.3. The molecule has 9 N–H and O–H groups in total. The van der Waals surface area contributed by atoms with Gasteiger partial charge in [0.15, 0.2) is 6.29 Å². The second-order valence-corrected chi connectivity index (χ2v) is 11.3. The molecule has 10 atom stereocenters. The van der Waals surface area contributed by atoms with E-state index in [4.69, 9.17) is 14.2 Å². The van der Waals surface area contributed by atoms with Gasteiger partial charge in [-0.3, -0.25) is 19.8 Å². The molecule has 2 fully saturated rings. The maximum absolute atomic E-state index is 13.1.